The Morgan fingerprint density at radius 3 is 1.79 bits per heavy atom. The summed E-state index contributed by atoms with van der Waals surface area (Å²) in [6.07, 6.45) is 4.48. The van der Waals surface area contributed by atoms with E-state index in [1.165, 1.54) is 16.0 Å². The highest BCUT2D eigenvalue weighted by atomic mass is 32.1. The predicted octanol–water partition coefficient (Wildman–Crippen LogP) is 7.67. The Kier molecular flexibility index (Phi) is 5.40. The summed E-state index contributed by atoms with van der Waals surface area (Å²) in [4.78, 5) is 43.2. The highest BCUT2D eigenvalue weighted by molar-refractivity contribution is 7.23. The van der Waals surface area contributed by atoms with Crippen molar-refractivity contribution >= 4 is 52.2 Å². The molecule has 0 spiro atoms. The number of ketones is 3. The Balaban J connectivity index is 1.31. The van der Waals surface area contributed by atoms with Crippen LogP contribution in [0.5, 0.6) is 0 Å². The quantitative estimate of drug-likeness (QED) is 0.210. The Morgan fingerprint density at radius 2 is 1.26 bits per heavy atom. The minimum Gasteiger partial charge on any atom is -0.383 e. The van der Waals surface area contributed by atoms with Crippen LogP contribution >= 0.6 is 22.7 Å². The van der Waals surface area contributed by atoms with E-state index in [4.69, 9.17) is 0 Å². The molecule has 6 heteroatoms. The molecule has 0 aliphatic heterocycles. The van der Waals surface area contributed by atoms with Crippen LogP contribution < -0.4 is 0 Å². The number of aliphatic hydroxyl groups excluding tert-OH is 1. The van der Waals surface area contributed by atoms with Gasteiger partial charge in [0.15, 0.2) is 17.3 Å². The molecule has 1 N–H and O–H groups in total. The van der Waals surface area contributed by atoms with Gasteiger partial charge in [-0.15, -0.1) is 22.7 Å². The van der Waals surface area contributed by atoms with E-state index in [-0.39, 0.29) is 28.3 Å². The lowest BCUT2D eigenvalue weighted by molar-refractivity contribution is 0.0986. The molecular formula is C33H24O4S2. The highest BCUT2D eigenvalue weighted by Crippen LogP contribution is 2.59. The van der Waals surface area contributed by atoms with E-state index in [2.05, 4.69) is 26.0 Å². The van der Waals surface area contributed by atoms with Crippen molar-refractivity contribution in [3.63, 3.8) is 0 Å². The van der Waals surface area contributed by atoms with Crippen molar-refractivity contribution < 1.29 is 19.5 Å². The molecular weight excluding hydrogens is 524 g/mol. The average molecular weight is 549 g/mol. The highest BCUT2D eigenvalue weighted by Gasteiger charge is 2.44. The Bertz CT molecular complexity index is 1770. The topological polar surface area (TPSA) is 71.4 Å². The second-order valence-electron chi connectivity index (χ2n) is 10.3. The molecule has 4 aromatic rings. The summed E-state index contributed by atoms with van der Waals surface area (Å²) in [6.45, 7) is 4.38. The number of benzene rings is 2. The van der Waals surface area contributed by atoms with Crippen LogP contribution in [0.1, 0.15) is 90.3 Å². The largest absolute Gasteiger partial charge is 0.383 e. The first-order valence-electron chi connectivity index (χ1n) is 13.1. The molecule has 2 aromatic carbocycles. The van der Waals surface area contributed by atoms with E-state index in [0.717, 1.165) is 27.5 Å². The molecule has 3 aliphatic rings. The van der Waals surface area contributed by atoms with E-state index >= 15 is 0 Å². The van der Waals surface area contributed by atoms with Crippen molar-refractivity contribution in [2.24, 2.45) is 0 Å². The SMILES string of the molecule is CCC1(CC)c2cc(C=C3C(=O)c4ccccc4C3=O)sc2-c2sc(/C=C3\C(=O)c4ccccc4C3O)cc21. The molecule has 0 amide bonds. The number of rotatable bonds is 4. The van der Waals surface area contributed by atoms with Gasteiger partial charge >= 0.3 is 0 Å². The molecule has 0 fully saturated rings. The van der Waals surface area contributed by atoms with Gasteiger partial charge in [-0.05, 0) is 53.8 Å². The van der Waals surface area contributed by atoms with Crippen LogP contribution in [0.25, 0.3) is 21.9 Å². The lowest BCUT2D eigenvalue weighted by Gasteiger charge is -2.28. The average Bonchev–Trinajstić information content (AvgIpc) is 3.72. The van der Waals surface area contributed by atoms with Gasteiger partial charge in [-0.2, -0.15) is 0 Å². The van der Waals surface area contributed by atoms with Crippen molar-refractivity contribution in [1.29, 1.82) is 0 Å². The Labute approximate surface area is 234 Å². The van der Waals surface area contributed by atoms with Crippen molar-refractivity contribution in [2.75, 3.05) is 0 Å². The maximum atomic E-state index is 13.0. The normalized spacial score (nSPS) is 19.5. The predicted molar refractivity (Wildman–Crippen MR) is 156 cm³/mol. The van der Waals surface area contributed by atoms with Gasteiger partial charge in [0, 0.05) is 47.2 Å². The summed E-state index contributed by atoms with van der Waals surface area (Å²) in [7, 11) is 0. The zero-order valence-corrected chi connectivity index (χ0v) is 23.0. The van der Waals surface area contributed by atoms with Crippen molar-refractivity contribution in [3.8, 4) is 9.75 Å². The van der Waals surface area contributed by atoms with Crippen LogP contribution in [0.15, 0.2) is 71.8 Å². The van der Waals surface area contributed by atoms with E-state index < -0.39 is 6.10 Å². The molecule has 7 rings (SSSR count). The number of fused-ring (bicyclic) bond motifs is 5. The van der Waals surface area contributed by atoms with Crippen LogP contribution in [-0.4, -0.2) is 22.5 Å². The molecule has 2 aromatic heterocycles. The fraction of sp³-hybridized carbons (Fsp3) is 0.182. The molecule has 0 saturated carbocycles. The zero-order valence-electron chi connectivity index (χ0n) is 21.4. The van der Waals surface area contributed by atoms with Crippen LogP contribution in [0.2, 0.25) is 0 Å². The number of Topliss-reactive ketones (excluding diaryl/α,β-unsaturated/α-hetero) is 3. The third-order valence-corrected chi connectivity index (χ3v) is 10.8. The van der Waals surface area contributed by atoms with Crippen molar-refractivity contribution in [3.05, 3.63) is 115 Å². The number of carbonyl (C=O) groups is 3. The lowest BCUT2D eigenvalue weighted by atomic mass is 9.75. The van der Waals surface area contributed by atoms with Gasteiger partial charge in [0.05, 0.1) is 5.57 Å². The molecule has 39 heavy (non-hydrogen) atoms. The monoisotopic (exact) mass is 548 g/mol. The van der Waals surface area contributed by atoms with Crippen molar-refractivity contribution in [2.45, 2.75) is 38.2 Å². The summed E-state index contributed by atoms with van der Waals surface area (Å²) >= 11 is 3.24. The number of allylic oxidation sites excluding steroid dienone is 1. The fourth-order valence-electron chi connectivity index (χ4n) is 6.40. The van der Waals surface area contributed by atoms with Crippen molar-refractivity contribution in [1.82, 2.24) is 0 Å². The molecule has 4 nitrogen and oxygen atoms in total. The first kappa shape index (κ1) is 24.3. The molecule has 0 bridgehead atoms. The molecule has 1 atom stereocenters. The Morgan fingerprint density at radius 1 is 0.744 bits per heavy atom. The second-order valence-corrected chi connectivity index (χ2v) is 12.4. The van der Waals surface area contributed by atoms with Crippen LogP contribution in [0.3, 0.4) is 0 Å². The van der Waals surface area contributed by atoms with Crippen LogP contribution in [0, 0.1) is 0 Å². The third-order valence-electron chi connectivity index (χ3n) is 8.49. The summed E-state index contributed by atoms with van der Waals surface area (Å²) in [5.41, 5.74) is 5.10. The first-order chi connectivity index (χ1) is 18.9. The number of carbonyl (C=O) groups excluding carboxylic acids is 3. The van der Waals surface area contributed by atoms with E-state index in [0.29, 0.717) is 27.8 Å². The molecule has 192 valence electrons. The van der Waals surface area contributed by atoms with Gasteiger partial charge in [-0.3, -0.25) is 14.4 Å². The van der Waals surface area contributed by atoms with Crippen LogP contribution in [0.4, 0.5) is 0 Å². The summed E-state index contributed by atoms with van der Waals surface area (Å²) < 4.78 is 0. The maximum absolute atomic E-state index is 13.0. The molecule has 1 unspecified atom stereocenters. The summed E-state index contributed by atoms with van der Waals surface area (Å²) in [5, 5.41) is 10.9. The van der Waals surface area contributed by atoms with E-state index in [1.54, 1.807) is 65.1 Å². The smallest absolute Gasteiger partial charge is 0.197 e. The van der Waals surface area contributed by atoms with Gasteiger partial charge in [0.2, 0.25) is 0 Å². The first-order valence-corrected chi connectivity index (χ1v) is 14.7. The summed E-state index contributed by atoms with van der Waals surface area (Å²) in [5.74, 6) is -0.553. The number of aliphatic hydroxyl groups is 1. The molecule has 3 aliphatic carbocycles. The number of hydrogen-bond donors (Lipinski definition) is 1. The minimum atomic E-state index is -0.922. The van der Waals surface area contributed by atoms with Gasteiger partial charge in [0.1, 0.15) is 6.10 Å². The van der Waals surface area contributed by atoms with Gasteiger partial charge < -0.3 is 5.11 Å². The lowest BCUT2D eigenvalue weighted by Crippen LogP contribution is -2.22. The zero-order chi connectivity index (χ0) is 27.1. The standard InChI is InChI=1S/C33H24O4S2/c1-3-33(4-2)25-15-17(13-23-27(34)19-9-5-6-10-20(19)28(23)35)38-31(25)32-26(33)16-18(39-32)14-24-29(36)21-11-7-8-12-22(21)30(24)37/h5-16,27,34H,3-4H2,1-2H3/b23-13-. The number of thiophene rings is 2. The second kappa shape index (κ2) is 8.65. The molecule has 0 radical (unpaired) electrons. The summed E-state index contributed by atoms with van der Waals surface area (Å²) in [6, 6.07) is 18.5. The number of hydrogen-bond acceptors (Lipinski definition) is 6. The minimum absolute atomic E-state index is 0.124. The van der Waals surface area contributed by atoms with E-state index in [9.17, 15) is 19.5 Å². The third kappa shape index (κ3) is 3.29. The van der Waals surface area contributed by atoms with Crippen LogP contribution in [-0.2, 0) is 5.41 Å². The van der Waals surface area contributed by atoms with Gasteiger partial charge in [-0.1, -0.05) is 62.4 Å². The fourth-order valence-corrected chi connectivity index (χ4v) is 8.97. The van der Waals surface area contributed by atoms with E-state index in [1.807, 2.05) is 18.2 Å². The Hall–Kier alpha value is -3.71. The van der Waals surface area contributed by atoms with Gasteiger partial charge in [-0.25, -0.2) is 0 Å². The van der Waals surface area contributed by atoms with Gasteiger partial charge in [0.25, 0.3) is 0 Å². The molecule has 0 saturated heterocycles. The molecule has 2 heterocycles. The maximum Gasteiger partial charge on any atom is 0.197 e.